The van der Waals surface area contributed by atoms with E-state index in [-0.39, 0.29) is 17.9 Å². The first-order valence-electron chi connectivity index (χ1n) is 9.87. The molecule has 4 rings (SSSR count). The number of carbonyl (C=O) groups is 2. The SMILES string of the molecule is CCOC(=O)c1cc2nccc(-c3cccc(NC(=O)c4cccc(C(F)(F)F)c4)c3)n2n1. The Balaban J connectivity index is 1.63. The zero-order valence-electron chi connectivity index (χ0n) is 17.3. The molecule has 2 heterocycles. The fraction of sp³-hybridized carbons (Fsp3) is 0.130. The molecule has 0 spiro atoms. The number of amides is 1. The molecule has 2 aromatic heterocycles. The second-order valence-electron chi connectivity index (χ2n) is 6.96. The van der Waals surface area contributed by atoms with Crippen LogP contribution in [0, 0.1) is 0 Å². The summed E-state index contributed by atoms with van der Waals surface area (Å²) < 4.78 is 45.3. The summed E-state index contributed by atoms with van der Waals surface area (Å²) in [6, 6.07) is 14.1. The Bertz CT molecular complexity index is 1350. The van der Waals surface area contributed by atoms with E-state index in [0.29, 0.717) is 22.6 Å². The molecular formula is C23H17F3N4O3. The highest BCUT2D eigenvalue weighted by Crippen LogP contribution is 2.30. The Hall–Kier alpha value is -4.21. The van der Waals surface area contributed by atoms with Crippen molar-refractivity contribution in [3.63, 3.8) is 0 Å². The standard InChI is InChI=1S/C23H17F3N4O3/c1-2-33-22(32)18-13-20-27-10-9-19(30(20)29-18)14-5-4-8-17(12-14)28-21(31)15-6-3-7-16(11-15)23(24,25)26/h3-13H,2H2,1H3,(H,28,31). The Labute approximate surface area is 185 Å². The van der Waals surface area contributed by atoms with Crippen LogP contribution in [0.3, 0.4) is 0 Å². The number of hydrogen-bond donors (Lipinski definition) is 1. The first kappa shape index (κ1) is 22.0. The van der Waals surface area contributed by atoms with Crippen LogP contribution >= 0.6 is 0 Å². The van der Waals surface area contributed by atoms with Crippen molar-refractivity contribution in [2.24, 2.45) is 0 Å². The van der Waals surface area contributed by atoms with Gasteiger partial charge in [0.1, 0.15) is 0 Å². The predicted octanol–water partition coefficient (Wildman–Crippen LogP) is 4.84. The maximum atomic E-state index is 12.9. The highest BCUT2D eigenvalue weighted by atomic mass is 19.4. The summed E-state index contributed by atoms with van der Waals surface area (Å²) >= 11 is 0. The van der Waals surface area contributed by atoms with Crippen LogP contribution in [-0.2, 0) is 10.9 Å². The predicted molar refractivity (Wildman–Crippen MR) is 114 cm³/mol. The molecule has 0 aliphatic heterocycles. The summed E-state index contributed by atoms with van der Waals surface area (Å²) in [6.45, 7) is 1.90. The van der Waals surface area contributed by atoms with Crippen LogP contribution in [0.4, 0.5) is 18.9 Å². The molecule has 0 bridgehead atoms. The van der Waals surface area contributed by atoms with E-state index < -0.39 is 23.6 Å². The number of carbonyl (C=O) groups excluding carboxylic acids is 2. The third kappa shape index (κ3) is 4.69. The summed E-state index contributed by atoms with van der Waals surface area (Å²) in [5.74, 6) is -1.25. The van der Waals surface area contributed by atoms with Gasteiger partial charge in [-0.3, -0.25) is 4.79 Å². The molecular weight excluding hydrogens is 437 g/mol. The minimum Gasteiger partial charge on any atom is -0.461 e. The van der Waals surface area contributed by atoms with Crippen LogP contribution in [0.15, 0.2) is 66.9 Å². The number of benzene rings is 2. The zero-order valence-corrected chi connectivity index (χ0v) is 17.3. The number of ether oxygens (including phenoxy) is 1. The van der Waals surface area contributed by atoms with Crippen molar-refractivity contribution >= 4 is 23.2 Å². The number of alkyl halides is 3. The lowest BCUT2D eigenvalue weighted by molar-refractivity contribution is -0.137. The molecule has 0 aliphatic rings. The van der Waals surface area contributed by atoms with E-state index in [0.717, 1.165) is 12.1 Å². The summed E-state index contributed by atoms with van der Waals surface area (Å²) in [4.78, 5) is 28.8. The van der Waals surface area contributed by atoms with Gasteiger partial charge >= 0.3 is 12.1 Å². The Morgan fingerprint density at radius 3 is 2.61 bits per heavy atom. The van der Waals surface area contributed by atoms with E-state index in [4.69, 9.17) is 4.74 Å². The van der Waals surface area contributed by atoms with Crippen LogP contribution in [0.2, 0.25) is 0 Å². The molecule has 0 unspecified atom stereocenters. The van der Waals surface area contributed by atoms with Gasteiger partial charge in [-0.25, -0.2) is 14.3 Å². The molecule has 0 saturated heterocycles. The monoisotopic (exact) mass is 454 g/mol. The Kier molecular flexibility index (Phi) is 5.82. The van der Waals surface area contributed by atoms with Crippen LogP contribution in [0.25, 0.3) is 16.9 Å². The van der Waals surface area contributed by atoms with Gasteiger partial charge in [-0.05, 0) is 43.3 Å². The molecule has 4 aromatic rings. The normalized spacial score (nSPS) is 11.4. The maximum absolute atomic E-state index is 12.9. The number of nitrogens with one attached hydrogen (secondary N) is 1. The molecule has 1 amide bonds. The lowest BCUT2D eigenvalue weighted by Crippen LogP contribution is -2.14. The van der Waals surface area contributed by atoms with Gasteiger partial charge in [-0.2, -0.15) is 18.3 Å². The second kappa shape index (κ2) is 8.73. The number of esters is 1. The number of anilines is 1. The van der Waals surface area contributed by atoms with Crippen molar-refractivity contribution in [1.29, 1.82) is 0 Å². The molecule has 0 aliphatic carbocycles. The highest BCUT2D eigenvalue weighted by Gasteiger charge is 2.30. The van der Waals surface area contributed by atoms with Crippen LogP contribution in [-0.4, -0.2) is 33.1 Å². The molecule has 1 N–H and O–H groups in total. The molecule has 168 valence electrons. The fourth-order valence-electron chi connectivity index (χ4n) is 3.21. The largest absolute Gasteiger partial charge is 0.461 e. The van der Waals surface area contributed by atoms with Crippen LogP contribution < -0.4 is 5.32 Å². The van der Waals surface area contributed by atoms with Crippen molar-refractivity contribution in [2.45, 2.75) is 13.1 Å². The highest BCUT2D eigenvalue weighted by molar-refractivity contribution is 6.04. The van der Waals surface area contributed by atoms with Gasteiger partial charge in [0, 0.05) is 29.1 Å². The first-order chi connectivity index (χ1) is 15.8. The van der Waals surface area contributed by atoms with Gasteiger partial charge in [-0.15, -0.1) is 0 Å². The van der Waals surface area contributed by atoms with E-state index in [1.165, 1.54) is 22.7 Å². The number of rotatable bonds is 5. The number of fused-ring (bicyclic) bond motifs is 1. The van der Waals surface area contributed by atoms with E-state index in [1.807, 2.05) is 0 Å². The van der Waals surface area contributed by atoms with Crippen LogP contribution in [0.5, 0.6) is 0 Å². The topological polar surface area (TPSA) is 85.6 Å². The lowest BCUT2D eigenvalue weighted by atomic mass is 10.1. The summed E-state index contributed by atoms with van der Waals surface area (Å²) in [7, 11) is 0. The smallest absolute Gasteiger partial charge is 0.416 e. The average Bonchev–Trinajstić information content (AvgIpc) is 3.24. The van der Waals surface area contributed by atoms with Gasteiger partial charge in [0.15, 0.2) is 11.3 Å². The minimum absolute atomic E-state index is 0.103. The molecule has 2 aromatic carbocycles. The third-order valence-electron chi connectivity index (χ3n) is 4.71. The quantitative estimate of drug-likeness (QED) is 0.436. The molecule has 7 nitrogen and oxygen atoms in total. The molecule has 0 radical (unpaired) electrons. The van der Waals surface area contributed by atoms with Gasteiger partial charge < -0.3 is 10.1 Å². The third-order valence-corrected chi connectivity index (χ3v) is 4.71. The lowest BCUT2D eigenvalue weighted by Gasteiger charge is -2.11. The minimum atomic E-state index is -4.55. The van der Waals surface area contributed by atoms with Gasteiger partial charge in [0.25, 0.3) is 5.91 Å². The molecule has 10 heteroatoms. The van der Waals surface area contributed by atoms with E-state index >= 15 is 0 Å². The molecule has 33 heavy (non-hydrogen) atoms. The Morgan fingerprint density at radius 2 is 1.85 bits per heavy atom. The number of nitrogens with zero attached hydrogens (tertiary/aromatic N) is 3. The van der Waals surface area contributed by atoms with Crippen molar-refractivity contribution < 1.29 is 27.5 Å². The van der Waals surface area contributed by atoms with E-state index in [1.54, 1.807) is 43.5 Å². The van der Waals surface area contributed by atoms with Crippen molar-refractivity contribution in [3.05, 3.63) is 83.7 Å². The second-order valence-corrected chi connectivity index (χ2v) is 6.96. The molecule has 0 saturated carbocycles. The van der Waals surface area contributed by atoms with E-state index in [2.05, 4.69) is 15.4 Å². The van der Waals surface area contributed by atoms with Gasteiger partial charge in [-0.1, -0.05) is 18.2 Å². The van der Waals surface area contributed by atoms with Crippen molar-refractivity contribution in [2.75, 3.05) is 11.9 Å². The van der Waals surface area contributed by atoms with Crippen molar-refractivity contribution in [1.82, 2.24) is 14.6 Å². The number of halogens is 3. The summed E-state index contributed by atoms with van der Waals surface area (Å²) in [5.41, 5.74) is 1.11. The summed E-state index contributed by atoms with van der Waals surface area (Å²) in [6.07, 6.45) is -3.00. The van der Waals surface area contributed by atoms with Gasteiger partial charge in [0.05, 0.1) is 17.9 Å². The summed E-state index contributed by atoms with van der Waals surface area (Å²) in [5, 5.41) is 6.87. The maximum Gasteiger partial charge on any atom is 0.416 e. The fourth-order valence-corrected chi connectivity index (χ4v) is 3.21. The van der Waals surface area contributed by atoms with Gasteiger partial charge in [0.2, 0.25) is 0 Å². The molecule has 0 fully saturated rings. The Morgan fingerprint density at radius 1 is 1.06 bits per heavy atom. The number of hydrogen-bond acceptors (Lipinski definition) is 5. The first-order valence-corrected chi connectivity index (χ1v) is 9.87. The molecule has 0 atom stereocenters. The average molecular weight is 454 g/mol. The number of aromatic nitrogens is 3. The van der Waals surface area contributed by atoms with Crippen molar-refractivity contribution in [3.8, 4) is 11.3 Å². The zero-order chi connectivity index (χ0) is 23.6. The van der Waals surface area contributed by atoms with Crippen LogP contribution in [0.1, 0.15) is 33.3 Å². The van der Waals surface area contributed by atoms with E-state index in [9.17, 15) is 22.8 Å².